The van der Waals surface area contributed by atoms with Crippen LogP contribution in [0.5, 0.6) is 0 Å². The molecule has 1 saturated heterocycles. The van der Waals surface area contributed by atoms with Crippen LogP contribution in [0.15, 0.2) is 28.9 Å². The van der Waals surface area contributed by atoms with E-state index < -0.39 is 0 Å². The lowest BCUT2D eigenvalue weighted by molar-refractivity contribution is 0.499. The van der Waals surface area contributed by atoms with Crippen LogP contribution in [-0.4, -0.2) is 13.1 Å². The van der Waals surface area contributed by atoms with Crippen molar-refractivity contribution in [3.8, 4) is 11.3 Å². The van der Waals surface area contributed by atoms with Gasteiger partial charge in [-0.2, -0.15) is 0 Å². The maximum atomic E-state index is 13.0. The van der Waals surface area contributed by atoms with Crippen LogP contribution in [0.2, 0.25) is 0 Å². The standard InChI is InChI=1S/C13H14FNO/c14-11-8-10-4-5-12(13(10)16-9-11)15-6-2-1-3-7-15/h4-5,8-9H,1-3,6-7H2. The molecule has 0 bridgehead atoms. The maximum Gasteiger partial charge on any atom is 0.158 e. The summed E-state index contributed by atoms with van der Waals surface area (Å²) in [5.41, 5.74) is 1.95. The summed E-state index contributed by atoms with van der Waals surface area (Å²) in [6.45, 7) is 2.15. The number of hydrogen-bond acceptors (Lipinski definition) is 2. The summed E-state index contributed by atoms with van der Waals surface area (Å²) in [6.07, 6.45) is 4.94. The second-order valence-corrected chi connectivity index (χ2v) is 4.32. The van der Waals surface area contributed by atoms with Crippen LogP contribution in [0.25, 0.3) is 11.3 Å². The van der Waals surface area contributed by atoms with Gasteiger partial charge in [-0.15, -0.1) is 0 Å². The second kappa shape index (κ2) is 3.81. The lowest BCUT2D eigenvalue weighted by Crippen LogP contribution is -2.29. The Kier molecular flexibility index (Phi) is 2.31. The number of fused-ring (bicyclic) bond motifs is 1. The van der Waals surface area contributed by atoms with Gasteiger partial charge in [0.2, 0.25) is 0 Å². The van der Waals surface area contributed by atoms with Crippen molar-refractivity contribution in [2.45, 2.75) is 19.3 Å². The largest absolute Gasteiger partial charge is 0.459 e. The molecule has 0 aromatic heterocycles. The predicted octanol–water partition coefficient (Wildman–Crippen LogP) is 3.51. The van der Waals surface area contributed by atoms with E-state index in [2.05, 4.69) is 4.90 Å². The molecule has 0 atom stereocenters. The van der Waals surface area contributed by atoms with E-state index in [4.69, 9.17) is 4.42 Å². The zero-order chi connectivity index (χ0) is 11.0. The minimum Gasteiger partial charge on any atom is -0.459 e. The molecule has 0 amide bonds. The Labute approximate surface area is 94.0 Å². The summed E-state index contributed by atoms with van der Waals surface area (Å²) in [7, 11) is 0. The molecule has 84 valence electrons. The molecular formula is C13H14FNO. The van der Waals surface area contributed by atoms with Crippen LogP contribution in [0, 0.1) is 5.82 Å². The fraction of sp³-hybridized carbons (Fsp3) is 0.385. The number of nitrogens with zero attached hydrogens (tertiary/aromatic N) is 1. The fourth-order valence-corrected chi connectivity index (χ4v) is 2.39. The van der Waals surface area contributed by atoms with Crippen molar-refractivity contribution in [3.63, 3.8) is 0 Å². The predicted molar refractivity (Wildman–Crippen MR) is 61.4 cm³/mol. The molecule has 0 aromatic carbocycles. The number of rotatable bonds is 1. The highest BCUT2D eigenvalue weighted by molar-refractivity contribution is 5.77. The molecule has 0 N–H and O–H groups in total. The zero-order valence-electron chi connectivity index (χ0n) is 9.08. The zero-order valence-corrected chi connectivity index (χ0v) is 9.08. The lowest BCUT2D eigenvalue weighted by atomic mass is 10.1. The SMILES string of the molecule is Fc1coc2c(N3CCCCC3)ccc-2c1. The molecule has 1 fully saturated rings. The molecule has 2 nitrogen and oxygen atoms in total. The highest BCUT2D eigenvalue weighted by Crippen LogP contribution is 2.36. The first kappa shape index (κ1) is 9.70. The molecule has 1 aliphatic carbocycles. The van der Waals surface area contributed by atoms with Gasteiger partial charge in [-0.1, -0.05) is 0 Å². The first-order chi connectivity index (χ1) is 7.84. The summed E-state index contributed by atoms with van der Waals surface area (Å²) in [6, 6.07) is 5.47. The van der Waals surface area contributed by atoms with Crippen molar-refractivity contribution >= 4 is 5.69 Å². The van der Waals surface area contributed by atoms with Gasteiger partial charge in [0.25, 0.3) is 0 Å². The minimum atomic E-state index is -0.316. The third-order valence-electron chi connectivity index (χ3n) is 3.20. The van der Waals surface area contributed by atoms with Crippen LogP contribution in [-0.2, 0) is 0 Å². The molecule has 2 aliphatic heterocycles. The molecule has 3 rings (SSSR count). The molecule has 0 unspecified atom stereocenters. The van der Waals surface area contributed by atoms with E-state index in [1.165, 1.54) is 31.6 Å². The third kappa shape index (κ3) is 1.56. The van der Waals surface area contributed by atoms with Gasteiger partial charge in [0.05, 0.1) is 5.69 Å². The van der Waals surface area contributed by atoms with Gasteiger partial charge < -0.3 is 9.32 Å². The Bertz CT molecular complexity index is 459. The first-order valence-corrected chi connectivity index (χ1v) is 5.76. The van der Waals surface area contributed by atoms with Gasteiger partial charge in [-0.25, -0.2) is 4.39 Å². The van der Waals surface area contributed by atoms with Crippen LogP contribution in [0.4, 0.5) is 10.1 Å². The molecular weight excluding hydrogens is 205 g/mol. The molecule has 3 aliphatic rings. The highest BCUT2D eigenvalue weighted by Gasteiger charge is 2.19. The summed E-state index contributed by atoms with van der Waals surface area (Å²) in [5, 5.41) is 0. The Hall–Kier alpha value is -1.51. The average Bonchev–Trinajstić information content (AvgIpc) is 2.73. The molecule has 16 heavy (non-hydrogen) atoms. The smallest absolute Gasteiger partial charge is 0.158 e. The fourth-order valence-electron chi connectivity index (χ4n) is 2.39. The Morgan fingerprint density at radius 2 is 1.94 bits per heavy atom. The van der Waals surface area contributed by atoms with Crippen molar-refractivity contribution in [2.24, 2.45) is 0 Å². The average molecular weight is 219 g/mol. The summed E-state index contributed by atoms with van der Waals surface area (Å²) in [4.78, 5) is 2.33. The van der Waals surface area contributed by atoms with Crippen molar-refractivity contribution in [3.05, 3.63) is 30.3 Å². The van der Waals surface area contributed by atoms with Crippen molar-refractivity contribution in [1.82, 2.24) is 0 Å². The number of hydrogen-bond donors (Lipinski definition) is 0. The topological polar surface area (TPSA) is 16.4 Å². The lowest BCUT2D eigenvalue weighted by Gasteiger charge is -2.28. The number of anilines is 1. The Morgan fingerprint density at radius 1 is 1.12 bits per heavy atom. The molecule has 3 heteroatoms. The van der Waals surface area contributed by atoms with E-state index in [0.29, 0.717) is 0 Å². The van der Waals surface area contributed by atoms with Crippen LogP contribution in [0.3, 0.4) is 0 Å². The van der Waals surface area contributed by atoms with Gasteiger partial charge in [0, 0.05) is 18.7 Å². The number of halogens is 1. The van der Waals surface area contributed by atoms with Gasteiger partial charge in [-0.05, 0) is 37.5 Å². The van der Waals surface area contributed by atoms with E-state index in [1.807, 2.05) is 12.1 Å². The second-order valence-electron chi connectivity index (χ2n) is 4.32. The van der Waals surface area contributed by atoms with Crippen LogP contribution >= 0.6 is 0 Å². The number of piperidine rings is 1. The van der Waals surface area contributed by atoms with E-state index in [9.17, 15) is 4.39 Å². The van der Waals surface area contributed by atoms with E-state index in [-0.39, 0.29) is 5.82 Å². The third-order valence-corrected chi connectivity index (χ3v) is 3.20. The summed E-state index contributed by atoms with van der Waals surface area (Å²) in [5.74, 6) is 0.492. The summed E-state index contributed by atoms with van der Waals surface area (Å²) < 4.78 is 18.3. The van der Waals surface area contributed by atoms with Gasteiger partial charge in [-0.3, -0.25) is 0 Å². The molecule has 2 heterocycles. The van der Waals surface area contributed by atoms with Gasteiger partial charge in [0.15, 0.2) is 11.6 Å². The summed E-state index contributed by atoms with van der Waals surface area (Å²) >= 11 is 0. The van der Waals surface area contributed by atoms with E-state index >= 15 is 0 Å². The molecule has 0 saturated carbocycles. The van der Waals surface area contributed by atoms with Gasteiger partial charge >= 0.3 is 0 Å². The van der Waals surface area contributed by atoms with Crippen molar-refractivity contribution < 1.29 is 8.81 Å². The highest BCUT2D eigenvalue weighted by atomic mass is 19.1. The maximum absolute atomic E-state index is 13.0. The quantitative estimate of drug-likeness (QED) is 0.729. The van der Waals surface area contributed by atoms with Crippen molar-refractivity contribution in [1.29, 1.82) is 0 Å². The van der Waals surface area contributed by atoms with Gasteiger partial charge in [0.1, 0.15) is 6.26 Å². The monoisotopic (exact) mass is 219 g/mol. The van der Waals surface area contributed by atoms with Crippen molar-refractivity contribution in [2.75, 3.05) is 18.0 Å². The minimum absolute atomic E-state index is 0.316. The molecule has 0 spiro atoms. The molecule has 0 radical (unpaired) electrons. The van der Waals surface area contributed by atoms with Crippen LogP contribution < -0.4 is 4.90 Å². The first-order valence-electron chi connectivity index (χ1n) is 5.76. The van der Waals surface area contributed by atoms with E-state index in [0.717, 1.165) is 30.1 Å². The Balaban J connectivity index is 1.98. The van der Waals surface area contributed by atoms with E-state index in [1.54, 1.807) is 0 Å². The normalized spacial score (nSPS) is 16.9. The molecule has 0 aromatic rings. The Morgan fingerprint density at radius 3 is 2.75 bits per heavy atom. The van der Waals surface area contributed by atoms with Crippen LogP contribution in [0.1, 0.15) is 19.3 Å².